The molecule has 2 fully saturated rings. The number of nitrogen functional groups attached to an aromatic ring is 1. The molecule has 6 heterocycles. The molecule has 4 aromatic rings. The molecule has 2 aliphatic rings. The van der Waals surface area contributed by atoms with Gasteiger partial charge >= 0.3 is 6.09 Å². The van der Waals surface area contributed by atoms with Crippen LogP contribution in [-0.2, 0) is 54.1 Å². The number of hydrogen-bond acceptors (Lipinski definition) is 32. The third-order valence-corrected chi connectivity index (χ3v) is 17.0. The fraction of sp³-hybridized carbons (Fsp3) is 0.593. The predicted octanol–water partition coefficient (Wildman–Crippen LogP) is -8.26. The Kier molecular flexibility index (Phi) is 28.2. The van der Waals surface area contributed by atoms with Gasteiger partial charge in [0.15, 0.2) is 18.7 Å². The van der Waals surface area contributed by atoms with Crippen LogP contribution in [0.15, 0.2) is 23.3 Å². The molecule has 19 unspecified atom stereocenters. The quantitative estimate of drug-likeness (QED) is 0.0150. The lowest BCUT2D eigenvalue weighted by Gasteiger charge is -2.46. The van der Waals surface area contributed by atoms with E-state index in [2.05, 4.69) is 61.8 Å². The maximum absolute atomic E-state index is 15.3. The summed E-state index contributed by atoms with van der Waals surface area (Å²) in [4.78, 5) is 131. The highest BCUT2D eigenvalue weighted by Crippen LogP contribution is 2.35. The molecule has 8 amide bonds. The molecular weight excluding hydrogens is 1310 g/mol. The fourth-order valence-electron chi connectivity index (χ4n) is 9.75. The van der Waals surface area contributed by atoms with E-state index in [-0.39, 0.29) is 66.9 Å². The van der Waals surface area contributed by atoms with Crippen molar-refractivity contribution >= 4 is 81.8 Å². The lowest BCUT2D eigenvalue weighted by atomic mass is 9.93. The summed E-state index contributed by atoms with van der Waals surface area (Å²) in [6.45, 7) is 2.96. The summed E-state index contributed by atoms with van der Waals surface area (Å²) in [6, 6.07) is -8.10. The number of nitrogens with two attached hydrogens (primary N) is 6. The monoisotopic (exact) mass is 1400 g/mol. The molecule has 0 radical (unpaired) electrons. The van der Waals surface area contributed by atoms with Crippen molar-refractivity contribution in [3.63, 3.8) is 0 Å². The second-order valence-electron chi connectivity index (χ2n) is 22.4. The van der Waals surface area contributed by atoms with Gasteiger partial charge in [0, 0.05) is 61.8 Å². The number of imidazole rings is 1. The van der Waals surface area contributed by atoms with Crippen molar-refractivity contribution in [2.45, 2.75) is 163 Å². The molecule has 530 valence electrons. The number of carbonyl (C=O) groups excluding carboxylic acids is 8. The molecule has 0 aliphatic carbocycles. The van der Waals surface area contributed by atoms with E-state index < -0.39 is 195 Å². The molecule has 0 saturated carbocycles. The summed E-state index contributed by atoms with van der Waals surface area (Å²) in [7, 11) is 0. The van der Waals surface area contributed by atoms with Gasteiger partial charge in [-0.05, 0) is 27.2 Å². The van der Waals surface area contributed by atoms with Gasteiger partial charge in [0.1, 0.15) is 88.5 Å². The van der Waals surface area contributed by atoms with Gasteiger partial charge < -0.3 is 136 Å². The van der Waals surface area contributed by atoms with Crippen LogP contribution in [0.5, 0.6) is 0 Å². The van der Waals surface area contributed by atoms with E-state index in [0.29, 0.717) is 15.7 Å². The van der Waals surface area contributed by atoms with Gasteiger partial charge in [0.25, 0.3) is 11.8 Å². The summed E-state index contributed by atoms with van der Waals surface area (Å²) < 4.78 is 28.9. The first-order chi connectivity index (χ1) is 45.3. The van der Waals surface area contributed by atoms with Crippen LogP contribution in [-0.4, -0.2) is 255 Å². The number of primary amides is 3. The van der Waals surface area contributed by atoms with Gasteiger partial charge in [0.05, 0.1) is 78.0 Å². The Morgan fingerprint density at radius 1 is 0.812 bits per heavy atom. The zero-order valence-corrected chi connectivity index (χ0v) is 53.7. The van der Waals surface area contributed by atoms with Crippen molar-refractivity contribution in [1.82, 2.24) is 61.8 Å². The largest absolute Gasteiger partial charge is 0.441 e. The number of carbonyl (C=O) groups is 8. The van der Waals surface area contributed by atoms with E-state index in [1.807, 2.05) is 0 Å². The molecule has 0 spiro atoms. The highest BCUT2D eigenvalue weighted by Gasteiger charge is 2.53. The van der Waals surface area contributed by atoms with Crippen molar-refractivity contribution in [3.05, 3.63) is 56.8 Å². The molecule has 42 heteroatoms. The summed E-state index contributed by atoms with van der Waals surface area (Å²) in [5, 5.41) is 115. The number of hydrogen-bond donors (Lipinski definition) is 22. The number of aliphatic hydroxyl groups excluding tert-OH is 8. The van der Waals surface area contributed by atoms with Crippen molar-refractivity contribution in [1.29, 1.82) is 5.41 Å². The zero-order valence-electron chi connectivity index (χ0n) is 52.0. The molecule has 28 N–H and O–H groups in total. The Balaban J connectivity index is 1.29. The van der Waals surface area contributed by atoms with E-state index in [9.17, 15) is 74.4 Å². The number of nitrogens with zero attached hydrogens (tertiary/aromatic N) is 5. The standard InChI is InChI=1S/C54H81N19O21S2/c1-18-32(70-45(73-43(18)59)24(11-30(58)77)65-12-22(55)44(60)83)49(87)72-34(40(25-13-62-17-66-25)92-53-42(38(81)36(79)21(4)90-53)93-52-39(82)41(94-54(61)89)37(80)28(14-75)91-52)50(88)68-23(7-10-74)35(78)19(2)46(84)71-33(20(3)76)48(86)64-9-6-31-67-27(16-95-31)51-69-26(15-96-51)47(85)63-8-5-29(56)57/h13,15-17,19-24,28,33-42,52-53,65,74-76,78-82H,5-12,14,55H2,1-4H3,(H3,56,57)(H2,58,77)(H2,60,83)(H2,61,89)(H,62,66)(H,63,85)(H,64,86)(H,68,88)(H,71,84)(H,72,87)(H2,59,70,73). The van der Waals surface area contributed by atoms with Crippen molar-refractivity contribution in [2.24, 2.45) is 34.6 Å². The van der Waals surface area contributed by atoms with Gasteiger partial charge in [-0.3, -0.25) is 39.0 Å². The minimum atomic E-state index is -2.20. The second-order valence-corrected chi connectivity index (χ2v) is 24.2. The molecule has 40 nitrogen and oxygen atoms in total. The molecule has 96 heavy (non-hydrogen) atoms. The van der Waals surface area contributed by atoms with Crippen molar-refractivity contribution < 1.29 is 103 Å². The minimum Gasteiger partial charge on any atom is -0.441 e. The van der Waals surface area contributed by atoms with Crippen LogP contribution >= 0.6 is 22.7 Å². The van der Waals surface area contributed by atoms with Crippen LogP contribution in [0.3, 0.4) is 0 Å². The number of H-pyrrole nitrogens is 1. The number of amidine groups is 1. The molecule has 4 aromatic heterocycles. The Morgan fingerprint density at radius 3 is 2.16 bits per heavy atom. The summed E-state index contributed by atoms with van der Waals surface area (Å²) in [6.07, 6.45) is -24.7. The molecule has 2 aliphatic heterocycles. The van der Waals surface area contributed by atoms with Crippen LogP contribution in [0.25, 0.3) is 10.7 Å². The molecule has 0 aromatic carbocycles. The number of rotatable bonds is 35. The van der Waals surface area contributed by atoms with E-state index in [4.69, 9.17) is 63.5 Å². The average Bonchev–Trinajstić information content (AvgIpc) is 1.46. The lowest BCUT2D eigenvalue weighted by Crippen LogP contribution is -2.65. The summed E-state index contributed by atoms with van der Waals surface area (Å²) in [5.41, 5.74) is 33.3. The maximum Gasteiger partial charge on any atom is 0.404 e. The van der Waals surface area contributed by atoms with Gasteiger partial charge in [-0.1, -0.05) is 6.92 Å². The SMILES string of the molecule is Cc1c(N)nc(C(CC(N)=O)NCC(N)C(N)=O)nc1C(=O)NC(C(=O)NC(CCO)C(O)C(C)C(=O)NC(C(=O)NCCc1nc(-c2nc(C(=O)NCCC(=N)N)cs2)cs1)C(C)O)C(OC1OC(C)C(O)C(O)C1OC1OC(CO)C(O)C(OC(N)=O)C1O)c1cnc[nH]1. The van der Waals surface area contributed by atoms with Gasteiger partial charge in [0.2, 0.25) is 29.5 Å². The number of anilines is 1. The Morgan fingerprint density at radius 2 is 1.53 bits per heavy atom. The normalized spacial score (nSPS) is 23.9. The van der Waals surface area contributed by atoms with E-state index in [1.54, 1.807) is 10.8 Å². The molecule has 19 atom stereocenters. The highest BCUT2D eigenvalue weighted by atomic mass is 32.1. The number of aliphatic hydroxyl groups is 8. The average molecular weight is 1400 g/mol. The Labute approximate surface area is 553 Å². The topological polar surface area (TPSA) is 677 Å². The van der Waals surface area contributed by atoms with Gasteiger partial charge in [-0.25, -0.2) is 29.7 Å². The third-order valence-electron chi connectivity index (χ3n) is 15.2. The highest BCUT2D eigenvalue weighted by molar-refractivity contribution is 7.14. The Hall–Kier alpha value is -8.18. The number of amides is 8. The van der Waals surface area contributed by atoms with Gasteiger partial charge in [-0.2, -0.15) is 0 Å². The number of ether oxygens (including phenoxy) is 5. The van der Waals surface area contributed by atoms with E-state index >= 15 is 4.79 Å². The van der Waals surface area contributed by atoms with Crippen molar-refractivity contribution in [3.8, 4) is 10.7 Å². The van der Waals surface area contributed by atoms with Crippen molar-refractivity contribution in [2.75, 3.05) is 38.6 Å². The number of aromatic nitrogens is 6. The second kappa shape index (κ2) is 35.2. The summed E-state index contributed by atoms with van der Waals surface area (Å²) >= 11 is 2.40. The molecule has 2 saturated heterocycles. The van der Waals surface area contributed by atoms with Crippen LogP contribution < -0.4 is 66.3 Å². The van der Waals surface area contributed by atoms with Crippen LogP contribution in [0.2, 0.25) is 0 Å². The predicted molar refractivity (Wildman–Crippen MR) is 331 cm³/mol. The number of aromatic amines is 1. The van der Waals surface area contributed by atoms with Gasteiger partial charge in [-0.15, -0.1) is 22.7 Å². The molecule has 6 rings (SSSR count). The molecule has 0 bridgehead atoms. The first-order valence-corrected chi connectivity index (χ1v) is 31.4. The fourth-order valence-corrected chi connectivity index (χ4v) is 11.4. The molecular formula is C54H81N19O21S2. The number of nitrogens with one attached hydrogen (secondary N) is 8. The Bertz CT molecular complexity index is 3330. The van der Waals surface area contributed by atoms with Crippen LogP contribution in [0, 0.1) is 18.3 Å². The number of thiazole rings is 2. The van der Waals surface area contributed by atoms with Crippen LogP contribution in [0.1, 0.15) is 95.2 Å². The van der Waals surface area contributed by atoms with Crippen LogP contribution in [0.4, 0.5) is 10.6 Å². The van der Waals surface area contributed by atoms with E-state index in [0.717, 1.165) is 12.5 Å². The maximum atomic E-state index is 15.3. The first-order valence-electron chi connectivity index (χ1n) is 29.6. The zero-order chi connectivity index (χ0) is 71.0. The summed E-state index contributed by atoms with van der Waals surface area (Å²) in [5.74, 6) is -9.22. The lowest BCUT2D eigenvalue weighted by molar-refractivity contribution is -0.369. The minimum absolute atomic E-state index is 0.0489. The first kappa shape index (κ1) is 76.8. The third kappa shape index (κ3) is 20.2. The van der Waals surface area contributed by atoms with E-state index in [1.165, 1.54) is 50.4 Å². The smallest absolute Gasteiger partial charge is 0.404 e.